The Morgan fingerprint density at radius 3 is 2.18 bits per heavy atom. The highest BCUT2D eigenvalue weighted by Crippen LogP contribution is 2.33. The summed E-state index contributed by atoms with van der Waals surface area (Å²) in [6.45, 7) is 0. The highest BCUT2D eigenvalue weighted by atomic mass is 19.4. The van der Waals surface area contributed by atoms with Gasteiger partial charge in [-0.05, 0) is 12.1 Å². The van der Waals surface area contributed by atoms with Gasteiger partial charge < -0.3 is 4.74 Å². The molecule has 0 saturated heterocycles. The number of hydrogen-bond acceptors (Lipinski definition) is 2. The van der Waals surface area contributed by atoms with Gasteiger partial charge in [-0.2, -0.15) is 13.2 Å². The Morgan fingerprint density at radius 2 is 1.64 bits per heavy atom. The second-order valence-electron chi connectivity index (χ2n) is 4.12. The molecule has 0 saturated carbocycles. The van der Waals surface area contributed by atoms with E-state index in [0.29, 0.717) is 6.07 Å². The number of nitrogens with zero attached hydrogens (tertiary/aromatic N) is 1. The maximum Gasteiger partial charge on any atom is 0.573 e. The second kappa shape index (κ2) is 5.47. The maximum absolute atomic E-state index is 13.4. The van der Waals surface area contributed by atoms with Gasteiger partial charge in [0, 0.05) is 17.8 Å². The number of alkyl halides is 6. The lowest BCUT2D eigenvalue weighted by atomic mass is 10.1. The van der Waals surface area contributed by atoms with E-state index in [1.165, 1.54) is 12.1 Å². The van der Waals surface area contributed by atoms with Crippen molar-refractivity contribution in [1.29, 1.82) is 0 Å². The zero-order valence-corrected chi connectivity index (χ0v) is 10.5. The van der Waals surface area contributed by atoms with Gasteiger partial charge in [-0.25, -0.2) is 4.39 Å². The Bertz CT molecular complexity index is 679. The van der Waals surface area contributed by atoms with Crippen LogP contribution in [0.1, 0.15) is 5.56 Å². The van der Waals surface area contributed by atoms with Gasteiger partial charge in [0.25, 0.3) is 0 Å². The van der Waals surface area contributed by atoms with Crippen LogP contribution in [-0.4, -0.2) is 11.3 Å². The summed E-state index contributed by atoms with van der Waals surface area (Å²) in [5.74, 6) is -2.16. The predicted molar refractivity (Wildman–Crippen MR) is 61.3 cm³/mol. The highest BCUT2D eigenvalue weighted by Gasteiger charge is 2.35. The fourth-order valence-electron chi connectivity index (χ4n) is 1.65. The van der Waals surface area contributed by atoms with Crippen LogP contribution in [0, 0.1) is 5.82 Å². The van der Waals surface area contributed by atoms with E-state index in [1.807, 2.05) is 0 Å². The van der Waals surface area contributed by atoms with E-state index in [1.54, 1.807) is 0 Å². The van der Waals surface area contributed by atoms with Gasteiger partial charge in [0.05, 0.1) is 5.69 Å². The van der Waals surface area contributed by atoms with Gasteiger partial charge in [-0.1, -0.05) is 12.1 Å². The molecule has 1 aromatic carbocycles. The number of ether oxygens (including phenoxy) is 1. The molecule has 22 heavy (non-hydrogen) atoms. The van der Waals surface area contributed by atoms with Gasteiger partial charge in [0.1, 0.15) is 17.1 Å². The Balaban J connectivity index is 2.37. The molecular weight excluding hydrogens is 319 g/mol. The third kappa shape index (κ3) is 3.86. The Kier molecular flexibility index (Phi) is 3.99. The van der Waals surface area contributed by atoms with Gasteiger partial charge in [0.2, 0.25) is 0 Å². The number of aromatic nitrogens is 1. The quantitative estimate of drug-likeness (QED) is 0.740. The third-order valence-electron chi connectivity index (χ3n) is 2.52. The number of hydrogen-bond donors (Lipinski definition) is 0. The topological polar surface area (TPSA) is 22.1 Å². The minimum absolute atomic E-state index is 0.0191. The molecule has 0 bridgehead atoms. The van der Waals surface area contributed by atoms with E-state index in [9.17, 15) is 30.7 Å². The van der Waals surface area contributed by atoms with Crippen molar-refractivity contribution in [3.63, 3.8) is 0 Å². The smallest absolute Gasteiger partial charge is 0.406 e. The molecule has 0 aliphatic carbocycles. The van der Waals surface area contributed by atoms with Crippen molar-refractivity contribution in [2.24, 2.45) is 0 Å². The standard InChI is InChI=1S/C13H6F7NO/c14-10-5-11(21-6-9(10)12(15,16)17)7-2-1-3-8(4-7)22-13(18,19)20/h1-6H. The van der Waals surface area contributed by atoms with Crippen molar-refractivity contribution in [2.75, 3.05) is 0 Å². The van der Waals surface area contributed by atoms with E-state index >= 15 is 0 Å². The fourth-order valence-corrected chi connectivity index (χ4v) is 1.65. The molecule has 2 nitrogen and oxygen atoms in total. The third-order valence-corrected chi connectivity index (χ3v) is 2.52. The number of pyridine rings is 1. The van der Waals surface area contributed by atoms with Crippen LogP contribution in [0.2, 0.25) is 0 Å². The second-order valence-corrected chi connectivity index (χ2v) is 4.12. The molecule has 1 aromatic heterocycles. The molecular formula is C13H6F7NO. The summed E-state index contributed by atoms with van der Waals surface area (Å²) < 4.78 is 90.6. The normalized spacial score (nSPS) is 12.3. The zero-order valence-electron chi connectivity index (χ0n) is 10.5. The van der Waals surface area contributed by atoms with Crippen molar-refractivity contribution >= 4 is 0 Å². The van der Waals surface area contributed by atoms with Crippen LogP contribution < -0.4 is 4.74 Å². The average molecular weight is 325 g/mol. The van der Waals surface area contributed by atoms with E-state index < -0.39 is 29.7 Å². The summed E-state index contributed by atoms with van der Waals surface area (Å²) in [6.07, 6.45) is -9.55. The first kappa shape index (κ1) is 16.1. The molecule has 0 amide bonds. The van der Waals surface area contributed by atoms with Crippen LogP contribution in [0.25, 0.3) is 11.3 Å². The number of halogens is 7. The lowest BCUT2D eigenvalue weighted by molar-refractivity contribution is -0.274. The Hall–Kier alpha value is -2.32. The Labute approximate surface area is 119 Å². The molecule has 0 aliphatic rings. The maximum atomic E-state index is 13.4. The van der Waals surface area contributed by atoms with Crippen molar-refractivity contribution in [2.45, 2.75) is 12.5 Å². The molecule has 2 aromatic rings. The van der Waals surface area contributed by atoms with Gasteiger partial charge in [-0.3, -0.25) is 4.98 Å². The van der Waals surface area contributed by atoms with E-state index in [4.69, 9.17) is 0 Å². The van der Waals surface area contributed by atoms with Crippen molar-refractivity contribution in [1.82, 2.24) is 4.98 Å². The van der Waals surface area contributed by atoms with Crippen LogP contribution >= 0.6 is 0 Å². The van der Waals surface area contributed by atoms with Gasteiger partial charge >= 0.3 is 12.5 Å². The fraction of sp³-hybridized carbons (Fsp3) is 0.154. The molecule has 0 N–H and O–H groups in total. The molecule has 0 atom stereocenters. The van der Waals surface area contributed by atoms with E-state index in [-0.39, 0.29) is 17.5 Å². The molecule has 118 valence electrons. The van der Waals surface area contributed by atoms with Crippen molar-refractivity contribution in [3.8, 4) is 17.0 Å². The summed E-state index contributed by atoms with van der Waals surface area (Å²) in [7, 11) is 0. The molecule has 0 unspecified atom stereocenters. The molecule has 0 fully saturated rings. The summed E-state index contributed by atoms with van der Waals surface area (Å²) in [6, 6.07) is 4.82. The number of benzene rings is 1. The lowest BCUT2D eigenvalue weighted by Gasteiger charge is -2.11. The average Bonchev–Trinajstić information content (AvgIpc) is 2.35. The first-order valence-corrected chi connectivity index (χ1v) is 5.65. The number of rotatable bonds is 2. The molecule has 9 heteroatoms. The summed E-state index contributed by atoms with van der Waals surface area (Å²) in [4.78, 5) is 3.42. The van der Waals surface area contributed by atoms with Crippen LogP contribution in [0.15, 0.2) is 36.5 Å². The van der Waals surface area contributed by atoms with Gasteiger partial charge in [0.15, 0.2) is 0 Å². The zero-order chi connectivity index (χ0) is 16.5. The molecule has 2 rings (SSSR count). The van der Waals surface area contributed by atoms with Crippen molar-refractivity contribution < 1.29 is 35.5 Å². The first-order valence-electron chi connectivity index (χ1n) is 5.65. The SMILES string of the molecule is Fc1cc(-c2cccc(OC(F)(F)F)c2)ncc1C(F)(F)F. The minimum Gasteiger partial charge on any atom is -0.406 e. The van der Waals surface area contributed by atoms with E-state index in [0.717, 1.165) is 12.1 Å². The molecule has 0 aliphatic heterocycles. The van der Waals surface area contributed by atoms with Crippen LogP contribution in [0.4, 0.5) is 30.7 Å². The molecule has 0 radical (unpaired) electrons. The van der Waals surface area contributed by atoms with E-state index in [2.05, 4.69) is 9.72 Å². The highest BCUT2D eigenvalue weighted by molar-refractivity contribution is 5.61. The Morgan fingerprint density at radius 1 is 0.955 bits per heavy atom. The summed E-state index contributed by atoms with van der Waals surface area (Å²) in [5, 5.41) is 0. The molecule has 0 spiro atoms. The summed E-state index contributed by atoms with van der Waals surface area (Å²) >= 11 is 0. The summed E-state index contributed by atoms with van der Waals surface area (Å²) in [5.41, 5.74) is -1.83. The predicted octanol–water partition coefficient (Wildman–Crippen LogP) is 4.81. The lowest BCUT2D eigenvalue weighted by Crippen LogP contribution is -2.17. The van der Waals surface area contributed by atoms with Gasteiger partial charge in [-0.15, -0.1) is 13.2 Å². The molecule has 1 heterocycles. The van der Waals surface area contributed by atoms with Crippen LogP contribution in [0.3, 0.4) is 0 Å². The first-order chi connectivity index (χ1) is 10.1. The van der Waals surface area contributed by atoms with Crippen molar-refractivity contribution in [3.05, 3.63) is 47.9 Å². The monoisotopic (exact) mass is 325 g/mol. The largest absolute Gasteiger partial charge is 0.573 e. The van der Waals surface area contributed by atoms with Crippen LogP contribution in [0.5, 0.6) is 5.75 Å². The minimum atomic E-state index is -4.92. The van der Waals surface area contributed by atoms with Crippen LogP contribution in [-0.2, 0) is 6.18 Å².